The zero-order chi connectivity index (χ0) is 18.4. The summed E-state index contributed by atoms with van der Waals surface area (Å²) in [5.41, 5.74) is 3.75. The molecule has 0 unspecified atom stereocenters. The fourth-order valence-corrected chi connectivity index (χ4v) is 2.31. The number of nitrogens with two attached hydrogens (primary N) is 1. The molecular weight excluding hydrogens is 349 g/mol. The van der Waals surface area contributed by atoms with E-state index in [0.717, 1.165) is 13.2 Å². The molecule has 3 rings (SSSR count). The molecule has 0 fully saturated rings. The molecule has 0 atom stereocenters. The topological polar surface area (TPSA) is 78.3 Å². The van der Waals surface area contributed by atoms with Crippen LogP contribution >= 0.6 is 0 Å². The van der Waals surface area contributed by atoms with Gasteiger partial charge in [0.05, 0.1) is 18.8 Å². The van der Waals surface area contributed by atoms with E-state index in [1.165, 1.54) is 23.0 Å². The Balaban J connectivity index is 2.33. The molecule has 0 saturated carbocycles. The van der Waals surface area contributed by atoms with Crippen molar-refractivity contribution >= 4 is 11.5 Å². The molecule has 11 heteroatoms. The number of nitrogens with zero attached hydrogens (tertiary/aromatic N) is 4. The zero-order valence-corrected chi connectivity index (χ0v) is 12.6. The van der Waals surface area contributed by atoms with Gasteiger partial charge in [-0.05, 0) is 18.2 Å². The fourth-order valence-electron chi connectivity index (χ4n) is 2.31. The van der Waals surface area contributed by atoms with Crippen molar-refractivity contribution in [3.8, 4) is 17.0 Å². The third-order valence-corrected chi connectivity index (χ3v) is 3.56. The smallest absolute Gasteiger partial charge is 0.458 e. The summed E-state index contributed by atoms with van der Waals surface area (Å²) >= 11 is 0. The van der Waals surface area contributed by atoms with E-state index < -0.39 is 23.2 Å². The summed E-state index contributed by atoms with van der Waals surface area (Å²) in [5.74, 6) is -5.37. The van der Waals surface area contributed by atoms with Crippen LogP contribution in [0.15, 0.2) is 30.7 Å². The van der Waals surface area contributed by atoms with Crippen molar-refractivity contribution in [2.24, 2.45) is 0 Å². The Hall–Kier alpha value is -2.98. The van der Waals surface area contributed by atoms with Crippen LogP contribution in [0.4, 0.5) is 27.9 Å². The molecule has 2 aromatic heterocycles. The van der Waals surface area contributed by atoms with Gasteiger partial charge in [0.1, 0.15) is 17.8 Å². The van der Waals surface area contributed by atoms with E-state index in [-0.39, 0.29) is 22.9 Å². The Morgan fingerprint density at radius 1 is 1.12 bits per heavy atom. The number of imidazole rings is 1. The maximum Gasteiger partial charge on any atom is 0.458 e. The molecule has 2 N–H and O–H groups in total. The normalized spacial score (nSPS) is 12.6. The summed E-state index contributed by atoms with van der Waals surface area (Å²) in [6.07, 6.45) is -3.32. The molecule has 0 aliphatic rings. The van der Waals surface area contributed by atoms with E-state index in [4.69, 9.17) is 10.5 Å². The highest BCUT2D eigenvalue weighted by Crippen LogP contribution is 2.48. The second-order valence-corrected chi connectivity index (χ2v) is 5.04. The highest BCUT2D eigenvalue weighted by atomic mass is 19.4. The number of anilines is 1. The lowest BCUT2D eigenvalue weighted by Crippen LogP contribution is -2.34. The van der Waals surface area contributed by atoms with E-state index >= 15 is 0 Å². The Kier molecular flexibility index (Phi) is 3.73. The van der Waals surface area contributed by atoms with Crippen LogP contribution in [-0.2, 0) is 5.92 Å². The molecule has 132 valence electrons. The molecule has 6 nitrogen and oxygen atoms in total. The number of fused-ring (bicyclic) bond motifs is 1. The summed E-state index contributed by atoms with van der Waals surface area (Å²) in [6, 6.07) is 2.92. The number of hydrogen-bond donors (Lipinski definition) is 1. The quantitative estimate of drug-likeness (QED) is 0.728. The predicted molar refractivity (Wildman–Crippen MR) is 77.1 cm³/mol. The van der Waals surface area contributed by atoms with Crippen molar-refractivity contribution in [1.82, 2.24) is 19.6 Å². The predicted octanol–water partition coefficient (Wildman–Crippen LogP) is 3.04. The molecule has 0 amide bonds. The summed E-state index contributed by atoms with van der Waals surface area (Å²) in [6.45, 7) is 0. The standard InChI is InChI=1S/C14H10F5N5O/c1-25-7-2-3-8(9(4-7)13(15,16)14(17,18)19)11-10-5-21-6-24(10)12(20)23-22-11/h2-6H,1H3,(H2,20,23). The van der Waals surface area contributed by atoms with Crippen molar-refractivity contribution in [2.45, 2.75) is 12.1 Å². The molecule has 0 aliphatic heterocycles. The number of rotatable bonds is 3. The van der Waals surface area contributed by atoms with Crippen LogP contribution < -0.4 is 10.5 Å². The lowest BCUT2D eigenvalue weighted by Gasteiger charge is -2.23. The minimum absolute atomic E-state index is 0.0890. The summed E-state index contributed by atoms with van der Waals surface area (Å²) in [4.78, 5) is 3.79. The van der Waals surface area contributed by atoms with Crippen LogP contribution in [0.1, 0.15) is 5.56 Å². The number of alkyl halides is 5. The number of ether oxygens (including phenoxy) is 1. The summed E-state index contributed by atoms with van der Waals surface area (Å²) in [5, 5.41) is 7.26. The first kappa shape index (κ1) is 16.9. The van der Waals surface area contributed by atoms with Crippen LogP contribution in [0.25, 0.3) is 16.8 Å². The molecule has 2 heterocycles. The Morgan fingerprint density at radius 2 is 1.84 bits per heavy atom. The monoisotopic (exact) mass is 359 g/mol. The van der Waals surface area contributed by atoms with Gasteiger partial charge in [-0.2, -0.15) is 22.0 Å². The van der Waals surface area contributed by atoms with E-state index in [1.54, 1.807) is 0 Å². The fraction of sp³-hybridized carbons (Fsp3) is 0.214. The molecule has 0 aliphatic carbocycles. The van der Waals surface area contributed by atoms with Gasteiger partial charge in [-0.15, -0.1) is 10.2 Å². The van der Waals surface area contributed by atoms with Crippen molar-refractivity contribution in [3.63, 3.8) is 0 Å². The highest BCUT2D eigenvalue weighted by Gasteiger charge is 2.59. The molecule has 0 saturated heterocycles. The van der Waals surface area contributed by atoms with Crippen LogP contribution in [0.5, 0.6) is 5.75 Å². The average Bonchev–Trinajstić information content (AvgIpc) is 3.04. The van der Waals surface area contributed by atoms with Crippen molar-refractivity contribution in [2.75, 3.05) is 12.8 Å². The van der Waals surface area contributed by atoms with Crippen molar-refractivity contribution < 1.29 is 26.7 Å². The van der Waals surface area contributed by atoms with Gasteiger partial charge in [-0.3, -0.25) is 4.40 Å². The first-order valence-electron chi connectivity index (χ1n) is 6.74. The molecule has 0 spiro atoms. The van der Waals surface area contributed by atoms with Gasteiger partial charge in [0, 0.05) is 11.1 Å². The third-order valence-electron chi connectivity index (χ3n) is 3.56. The van der Waals surface area contributed by atoms with Gasteiger partial charge < -0.3 is 10.5 Å². The van der Waals surface area contributed by atoms with E-state index in [1.807, 2.05) is 0 Å². The Morgan fingerprint density at radius 3 is 2.48 bits per heavy atom. The van der Waals surface area contributed by atoms with Gasteiger partial charge in [0.25, 0.3) is 0 Å². The number of methoxy groups -OCH3 is 1. The van der Waals surface area contributed by atoms with Gasteiger partial charge in [-0.25, -0.2) is 4.98 Å². The van der Waals surface area contributed by atoms with Gasteiger partial charge in [-0.1, -0.05) is 0 Å². The van der Waals surface area contributed by atoms with Crippen molar-refractivity contribution in [1.29, 1.82) is 0 Å². The molecular formula is C14H10F5N5O. The minimum atomic E-state index is -5.80. The SMILES string of the molecule is COc1ccc(-c2nnc(N)n3cncc23)c(C(F)(F)C(F)(F)F)c1. The number of halogens is 5. The van der Waals surface area contributed by atoms with Gasteiger partial charge in [0.15, 0.2) is 0 Å². The molecule has 0 radical (unpaired) electrons. The largest absolute Gasteiger partial charge is 0.497 e. The Labute approximate surface area is 137 Å². The maximum atomic E-state index is 14.1. The maximum absolute atomic E-state index is 14.1. The van der Waals surface area contributed by atoms with Gasteiger partial charge >= 0.3 is 12.1 Å². The van der Waals surface area contributed by atoms with E-state index in [0.29, 0.717) is 6.07 Å². The molecule has 25 heavy (non-hydrogen) atoms. The molecule has 1 aromatic carbocycles. The summed E-state index contributed by atoms with van der Waals surface area (Å²) in [7, 11) is 1.16. The highest BCUT2D eigenvalue weighted by molar-refractivity contribution is 5.79. The number of benzene rings is 1. The number of nitrogen functional groups attached to an aromatic ring is 1. The Bertz CT molecular complexity index is 937. The van der Waals surface area contributed by atoms with Crippen LogP contribution in [0, 0.1) is 0 Å². The second-order valence-electron chi connectivity index (χ2n) is 5.04. The number of aromatic nitrogens is 4. The van der Waals surface area contributed by atoms with Crippen LogP contribution in [-0.4, -0.2) is 32.9 Å². The first-order chi connectivity index (χ1) is 11.7. The van der Waals surface area contributed by atoms with Gasteiger partial charge in [0.2, 0.25) is 5.95 Å². The second kappa shape index (κ2) is 5.53. The third kappa shape index (κ3) is 2.61. The zero-order valence-electron chi connectivity index (χ0n) is 12.6. The lowest BCUT2D eigenvalue weighted by atomic mass is 9.97. The lowest BCUT2D eigenvalue weighted by molar-refractivity contribution is -0.289. The average molecular weight is 359 g/mol. The number of hydrogen-bond acceptors (Lipinski definition) is 5. The van der Waals surface area contributed by atoms with E-state index in [9.17, 15) is 22.0 Å². The first-order valence-corrected chi connectivity index (χ1v) is 6.74. The minimum Gasteiger partial charge on any atom is -0.497 e. The van der Waals surface area contributed by atoms with Crippen LogP contribution in [0.2, 0.25) is 0 Å². The molecule has 3 aromatic rings. The molecule has 0 bridgehead atoms. The summed E-state index contributed by atoms with van der Waals surface area (Å²) < 4.78 is 72.8. The van der Waals surface area contributed by atoms with Crippen molar-refractivity contribution in [3.05, 3.63) is 36.3 Å². The van der Waals surface area contributed by atoms with Crippen LogP contribution in [0.3, 0.4) is 0 Å². The van der Waals surface area contributed by atoms with E-state index in [2.05, 4.69) is 15.2 Å².